The van der Waals surface area contributed by atoms with E-state index in [1.165, 1.54) is 17.0 Å². The Balaban J connectivity index is 1.77. The van der Waals surface area contributed by atoms with Gasteiger partial charge in [0.2, 0.25) is 15.9 Å². The molecule has 1 saturated heterocycles. The molecule has 1 amide bonds. The number of sulfonamides is 1. The first kappa shape index (κ1) is 30.9. The van der Waals surface area contributed by atoms with Crippen molar-refractivity contribution in [3.63, 3.8) is 0 Å². The van der Waals surface area contributed by atoms with Crippen molar-refractivity contribution in [3.05, 3.63) is 40.1 Å². The molecule has 8 nitrogen and oxygen atoms in total. The fraction of sp³-hybridized carbons (Fsp3) is 0.500. The Morgan fingerprint density at radius 3 is 2.39 bits per heavy atom. The number of benzene rings is 1. The summed E-state index contributed by atoms with van der Waals surface area (Å²) in [5, 5.41) is 9.99. The SMILES string of the molecule is CC(C)(C)C#Cc1cc(N2C(=O)CN(S(=O)(=O)c3ccccc3OC(F)(F)F)C[C@H]2C2CCCCC2)c(C(=O)O)s1. The monoisotopic (exact) mass is 612 g/mol. The van der Waals surface area contributed by atoms with Gasteiger partial charge in [-0.1, -0.05) is 43.2 Å². The molecule has 222 valence electrons. The van der Waals surface area contributed by atoms with E-state index in [1.807, 2.05) is 20.8 Å². The number of ether oxygens (including phenoxy) is 1. The summed E-state index contributed by atoms with van der Waals surface area (Å²) >= 11 is 0.941. The number of halogens is 3. The number of anilines is 1. The zero-order chi connectivity index (χ0) is 30.2. The van der Waals surface area contributed by atoms with Crippen LogP contribution in [0.25, 0.3) is 0 Å². The van der Waals surface area contributed by atoms with Gasteiger partial charge in [-0.2, -0.15) is 4.31 Å². The molecule has 4 rings (SSSR count). The van der Waals surface area contributed by atoms with Crippen molar-refractivity contribution >= 4 is 38.9 Å². The molecule has 0 unspecified atom stereocenters. The molecule has 41 heavy (non-hydrogen) atoms. The average Bonchev–Trinajstić information content (AvgIpc) is 3.31. The molecular formula is C28H31F3N2O6S2. The average molecular weight is 613 g/mol. The van der Waals surface area contributed by atoms with Crippen LogP contribution in [0.3, 0.4) is 0 Å². The Kier molecular flexibility index (Phi) is 8.78. The second kappa shape index (κ2) is 11.7. The third kappa shape index (κ3) is 7.23. The van der Waals surface area contributed by atoms with Crippen molar-refractivity contribution in [2.75, 3.05) is 18.0 Å². The number of carboxylic acids is 1. The number of nitrogens with zero attached hydrogens (tertiary/aromatic N) is 2. The lowest BCUT2D eigenvalue weighted by Gasteiger charge is -2.45. The molecule has 2 aliphatic rings. The zero-order valence-electron chi connectivity index (χ0n) is 22.8. The maximum Gasteiger partial charge on any atom is 0.573 e. The van der Waals surface area contributed by atoms with Crippen LogP contribution in [0.2, 0.25) is 0 Å². The Hall–Kier alpha value is -3.08. The van der Waals surface area contributed by atoms with Crippen molar-refractivity contribution in [1.82, 2.24) is 4.31 Å². The molecule has 1 aliphatic carbocycles. The maximum atomic E-state index is 13.7. The molecule has 1 aromatic carbocycles. The van der Waals surface area contributed by atoms with E-state index in [9.17, 15) is 36.3 Å². The first-order chi connectivity index (χ1) is 19.1. The van der Waals surface area contributed by atoms with Crippen LogP contribution in [0, 0.1) is 23.2 Å². The molecule has 13 heteroatoms. The number of hydrogen-bond donors (Lipinski definition) is 1. The topological polar surface area (TPSA) is 104 Å². The lowest BCUT2D eigenvalue weighted by molar-refractivity contribution is -0.275. The predicted octanol–water partition coefficient (Wildman–Crippen LogP) is 5.73. The fourth-order valence-corrected chi connectivity index (χ4v) is 7.54. The number of carbonyl (C=O) groups is 2. The summed E-state index contributed by atoms with van der Waals surface area (Å²) in [5.41, 5.74) is -0.195. The number of rotatable bonds is 6. The molecule has 1 saturated carbocycles. The number of thiophene rings is 1. The highest BCUT2D eigenvalue weighted by atomic mass is 32.2. The van der Waals surface area contributed by atoms with E-state index < -0.39 is 51.5 Å². The fourth-order valence-electron chi connectivity index (χ4n) is 5.18. The van der Waals surface area contributed by atoms with Gasteiger partial charge in [-0.15, -0.1) is 24.5 Å². The smallest absolute Gasteiger partial charge is 0.477 e. The van der Waals surface area contributed by atoms with Crippen molar-refractivity contribution in [1.29, 1.82) is 0 Å². The van der Waals surface area contributed by atoms with Gasteiger partial charge < -0.3 is 14.7 Å². The highest BCUT2D eigenvalue weighted by Gasteiger charge is 2.45. The molecule has 1 aliphatic heterocycles. The predicted molar refractivity (Wildman–Crippen MR) is 147 cm³/mol. The van der Waals surface area contributed by atoms with Crippen LogP contribution >= 0.6 is 11.3 Å². The van der Waals surface area contributed by atoms with Gasteiger partial charge in [0.05, 0.1) is 23.2 Å². The Labute approximate surface area is 241 Å². The zero-order valence-corrected chi connectivity index (χ0v) is 24.5. The number of hydrogen-bond acceptors (Lipinski definition) is 6. The van der Waals surface area contributed by atoms with Gasteiger partial charge >= 0.3 is 12.3 Å². The van der Waals surface area contributed by atoms with E-state index in [0.717, 1.165) is 47.0 Å². The minimum absolute atomic E-state index is 0.0856. The van der Waals surface area contributed by atoms with Crippen LogP contribution in [-0.2, 0) is 14.8 Å². The third-order valence-electron chi connectivity index (χ3n) is 6.92. The number of para-hydroxylation sites is 1. The van der Waals surface area contributed by atoms with Crippen molar-refractivity contribution in [2.24, 2.45) is 11.3 Å². The molecule has 1 atom stereocenters. The van der Waals surface area contributed by atoms with Crippen molar-refractivity contribution < 1.29 is 41.0 Å². The second-order valence-corrected chi connectivity index (χ2v) is 14.1. The second-order valence-electron chi connectivity index (χ2n) is 11.2. The summed E-state index contributed by atoms with van der Waals surface area (Å²) in [6.45, 7) is 4.84. The standard InChI is InChI=1S/C28H31F3N2O6S2/c1-27(2,3)14-13-19-15-20(25(40-19)26(35)36)33-21(18-9-5-4-6-10-18)16-32(17-24(33)34)41(37,38)23-12-8-7-11-22(23)39-28(29,30)31/h7-8,11-12,15,18,21H,4-6,9-10,16-17H2,1-3H3,(H,35,36)/t21-/m0/s1. The summed E-state index contributed by atoms with van der Waals surface area (Å²) in [6, 6.07) is 5.23. The number of carboxylic acid groups (broad SMARTS) is 1. The lowest BCUT2D eigenvalue weighted by Crippen LogP contribution is -2.60. The van der Waals surface area contributed by atoms with E-state index in [2.05, 4.69) is 16.6 Å². The Morgan fingerprint density at radius 2 is 1.78 bits per heavy atom. The highest BCUT2D eigenvalue weighted by molar-refractivity contribution is 7.89. The summed E-state index contributed by atoms with van der Waals surface area (Å²) in [5.74, 6) is 3.10. The number of alkyl halides is 3. The Morgan fingerprint density at radius 1 is 1.12 bits per heavy atom. The minimum atomic E-state index is -5.12. The highest BCUT2D eigenvalue weighted by Crippen LogP contribution is 2.40. The molecule has 1 aromatic heterocycles. The van der Waals surface area contributed by atoms with Crippen LogP contribution in [0.15, 0.2) is 35.2 Å². The van der Waals surface area contributed by atoms with Crippen LogP contribution in [-0.4, -0.2) is 55.2 Å². The van der Waals surface area contributed by atoms with E-state index in [1.54, 1.807) is 6.07 Å². The quantitative estimate of drug-likeness (QED) is 0.418. The molecule has 2 fully saturated rings. The largest absolute Gasteiger partial charge is 0.573 e. The molecule has 0 bridgehead atoms. The Bertz CT molecular complexity index is 1480. The number of piperazine rings is 1. The molecule has 1 N–H and O–H groups in total. The van der Waals surface area contributed by atoms with E-state index in [4.69, 9.17) is 0 Å². The number of aromatic carboxylic acids is 1. The normalized spacial score (nSPS) is 19.5. The number of amides is 1. The van der Waals surface area contributed by atoms with E-state index >= 15 is 0 Å². The first-order valence-electron chi connectivity index (χ1n) is 13.1. The van der Waals surface area contributed by atoms with E-state index in [-0.39, 0.29) is 28.4 Å². The van der Waals surface area contributed by atoms with Gasteiger partial charge in [0.15, 0.2) is 0 Å². The van der Waals surface area contributed by atoms with Gasteiger partial charge in [0.25, 0.3) is 0 Å². The lowest BCUT2D eigenvalue weighted by atomic mass is 9.82. The summed E-state index contributed by atoms with van der Waals surface area (Å²) in [7, 11) is -4.60. The van der Waals surface area contributed by atoms with Gasteiger partial charge in [0, 0.05) is 12.0 Å². The molecular weight excluding hydrogens is 581 g/mol. The van der Waals surface area contributed by atoms with Gasteiger partial charge in [0.1, 0.15) is 15.5 Å². The molecule has 2 aromatic rings. The molecule has 0 spiro atoms. The molecule has 0 radical (unpaired) electrons. The van der Waals surface area contributed by atoms with E-state index in [0.29, 0.717) is 17.7 Å². The van der Waals surface area contributed by atoms with Crippen molar-refractivity contribution in [2.45, 2.75) is 70.2 Å². The van der Waals surface area contributed by atoms with Gasteiger partial charge in [-0.05, 0) is 57.7 Å². The molecule has 2 heterocycles. The minimum Gasteiger partial charge on any atom is -0.477 e. The van der Waals surface area contributed by atoms with Gasteiger partial charge in [-0.25, -0.2) is 13.2 Å². The summed E-state index contributed by atoms with van der Waals surface area (Å²) in [6.07, 6.45) is -1.04. The maximum absolute atomic E-state index is 13.7. The van der Waals surface area contributed by atoms with Crippen LogP contribution in [0.5, 0.6) is 5.75 Å². The van der Waals surface area contributed by atoms with Gasteiger partial charge in [-0.3, -0.25) is 4.79 Å². The van der Waals surface area contributed by atoms with Crippen LogP contribution in [0.4, 0.5) is 18.9 Å². The van der Waals surface area contributed by atoms with Crippen LogP contribution in [0.1, 0.15) is 67.4 Å². The van der Waals surface area contributed by atoms with Crippen LogP contribution < -0.4 is 9.64 Å². The number of carbonyl (C=O) groups excluding carboxylic acids is 1. The van der Waals surface area contributed by atoms with Crippen molar-refractivity contribution in [3.8, 4) is 17.6 Å². The first-order valence-corrected chi connectivity index (χ1v) is 15.4. The summed E-state index contributed by atoms with van der Waals surface area (Å²) < 4.78 is 71.3. The third-order valence-corrected chi connectivity index (χ3v) is 9.80. The summed E-state index contributed by atoms with van der Waals surface area (Å²) in [4.78, 5) is 27.0.